The lowest BCUT2D eigenvalue weighted by Crippen LogP contribution is -2.40. The average Bonchev–Trinajstić information content (AvgIpc) is 2.42. The van der Waals surface area contributed by atoms with Crippen molar-refractivity contribution in [1.29, 1.82) is 0 Å². The van der Waals surface area contributed by atoms with Gasteiger partial charge in [-0.3, -0.25) is 4.79 Å². The van der Waals surface area contributed by atoms with E-state index in [1.165, 1.54) is 11.4 Å². The van der Waals surface area contributed by atoms with Gasteiger partial charge in [-0.25, -0.2) is 8.42 Å². The fraction of sp³-hybridized carbons (Fsp3) is 0.500. The molecule has 1 amide bonds. The molecule has 1 aromatic rings. The van der Waals surface area contributed by atoms with Gasteiger partial charge in [-0.1, -0.05) is 30.3 Å². The highest BCUT2D eigenvalue weighted by molar-refractivity contribution is 7.88. The fourth-order valence-corrected chi connectivity index (χ4v) is 2.63. The van der Waals surface area contributed by atoms with Crippen LogP contribution < -0.4 is 5.32 Å². The molecule has 0 heterocycles. The van der Waals surface area contributed by atoms with Gasteiger partial charge in [0.15, 0.2) is 0 Å². The molecule has 6 nitrogen and oxygen atoms in total. The first-order valence-corrected chi connectivity index (χ1v) is 8.53. The summed E-state index contributed by atoms with van der Waals surface area (Å²) in [7, 11) is -1.78. The second-order valence-corrected chi connectivity index (χ2v) is 6.65. The Hall–Kier alpha value is -1.44. The van der Waals surface area contributed by atoms with Crippen molar-refractivity contribution in [2.75, 3.05) is 39.6 Å². The molecular weight excluding hydrogens is 292 g/mol. The zero-order valence-electron chi connectivity index (χ0n) is 12.4. The van der Waals surface area contributed by atoms with Crippen molar-refractivity contribution >= 4 is 15.9 Å². The number of nitrogens with zero attached hydrogens (tertiary/aromatic N) is 1. The molecule has 0 radical (unpaired) electrons. The van der Waals surface area contributed by atoms with Crippen molar-refractivity contribution < 1.29 is 17.9 Å². The van der Waals surface area contributed by atoms with Gasteiger partial charge in [0.2, 0.25) is 15.9 Å². The summed E-state index contributed by atoms with van der Waals surface area (Å²) in [5, 5.41) is 2.72. The second kappa shape index (κ2) is 8.76. The van der Waals surface area contributed by atoms with E-state index in [0.717, 1.165) is 11.8 Å². The molecule has 21 heavy (non-hydrogen) atoms. The number of benzene rings is 1. The maximum Gasteiger partial charge on any atom is 0.224 e. The zero-order chi connectivity index (χ0) is 15.7. The number of amides is 1. The quantitative estimate of drug-likeness (QED) is 0.709. The molecule has 0 aromatic heterocycles. The van der Waals surface area contributed by atoms with E-state index >= 15 is 0 Å². The topological polar surface area (TPSA) is 75.7 Å². The molecule has 0 aliphatic heterocycles. The van der Waals surface area contributed by atoms with Crippen LogP contribution in [0.2, 0.25) is 0 Å². The van der Waals surface area contributed by atoms with Crippen LogP contribution in [0.25, 0.3) is 0 Å². The molecule has 0 aliphatic rings. The molecule has 7 heteroatoms. The predicted octanol–water partition coefficient (Wildman–Crippen LogP) is 0.253. The summed E-state index contributed by atoms with van der Waals surface area (Å²) < 4.78 is 29.3. The summed E-state index contributed by atoms with van der Waals surface area (Å²) in [5.41, 5.74) is 0.925. The van der Waals surface area contributed by atoms with Gasteiger partial charge >= 0.3 is 0 Å². The lowest BCUT2D eigenvalue weighted by molar-refractivity contribution is -0.120. The molecular formula is C14H22N2O4S. The minimum atomic E-state index is -3.29. The van der Waals surface area contributed by atoms with Gasteiger partial charge in [0.1, 0.15) is 0 Å². The number of carbonyl (C=O) groups is 1. The molecule has 0 aliphatic carbocycles. The predicted molar refractivity (Wildman–Crippen MR) is 81.4 cm³/mol. The molecule has 1 aromatic carbocycles. The first kappa shape index (κ1) is 17.6. The van der Waals surface area contributed by atoms with Crippen molar-refractivity contribution in [2.45, 2.75) is 6.42 Å². The largest absolute Gasteiger partial charge is 0.383 e. The number of rotatable bonds is 9. The third-order valence-corrected chi connectivity index (χ3v) is 4.21. The lowest BCUT2D eigenvalue weighted by Gasteiger charge is -2.19. The van der Waals surface area contributed by atoms with Crippen molar-refractivity contribution in [2.24, 2.45) is 0 Å². The Balaban J connectivity index is 2.38. The fourth-order valence-electron chi connectivity index (χ4n) is 1.80. The number of hydrogen-bond acceptors (Lipinski definition) is 4. The van der Waals surface area contributed by atoms with E-state index in [2.05, 4.69) is 5.32 Å². The molecule has 0 fully saturated rings. The van der Waals surface area contributed by atoms with Gasteiger partial charge in [0, 0.05) is 26.7 Å². The van der Waals surface area contributed by atoms with Crippen molar-refractivity contribution in [3.63, 3.8) is 0 Å². The van der Waals surface area contributed by atoms with Crippen molar-refractivity contribution in [3.8, 4) is 0 Å². The highest BCUT2D eigenvalue weighted by atomic mass is 32.2. The molecule has 0 unspecified atom stereocenters. The van der Waals surface area contributed by atoms with E-state index in [9.17, 15) is 13.2 Å². The highest BCUT2D eigenvalue weighted by Crippen LogP contribution is 2.00. The Kier molecular flexibility index (Phi) is 7.35. The number of carbonyl (C=O) groups excluding carboxylic acids is 1. The van der Waals surface area contributed by atoms with Crippen LogP contribution in [0.4, 0.5) is 0 Å². The van der Waals surface area contributed by atoms with E-state index in [0.29, 0.717) is 6.61 Å². The molecule has 1 rings (SSSR count). The first-order chi connectivity index (χ1) is 9.93. The summed E-state index contributed by atoms with van der Waals surface area (Å²) in [4.78, 5) is 11.8. The van der Waals surface area contributed by atoms with Crippen molar-refractivity contribution in [1.82, 2.24) is 9.62 Å². The number of sulfonamides is 1. The molecule has 0 saturated carbocycles. The third kappa shape index (κ3) is 7.22. The van der Waals surface area contributed by atoms with Crippen LogP contribution in [0.3, 0.4) is 0 Å². The number of nitrogens with one attached hydrogen (secondary N) is 1. The molecule has 118 valence electrons. The first-order valence-electron chi connectivity index (χ1n) is 6.68. The summed E-state index contributed by atoms with van der Waals surface area (Å²) in [5.74, 6) is -0.124. The summed E-state index contributed by atoms with van der Waals surface area (Å²) >= 11 is 0. The van der Waals surface area contributed by atoms with E-state index in [-0.39, 0.29) is 32.0 Å². The standard InChI is InChI=1S/C14H22N2O4S/c1-20-11-10-16(21(2,18)19)9-8-15-14(17)12-13-6-4-3-5-7-13/h3-7H,8-12H2,1-2H3,(H,15,17). The molecule has 1 N–H and O–H groups in total. The molecule has 0 spiro atoms. The van der Waals surface area contributed by atoms with Gasteiger partial charge in [0.05, 0.1) is 19.3 Å². The van der Waals surface area contributed by atoms with Crippen LogP contribution in [-0.2, 0) is 26.0 Å². The number of ether oxygens (including phenoxy) is 1. The van der Waals surface area contributed by atoms with E-state index < -0.39 is 10.0 Å². The van der Waals surface area contributed by atoms with Gasteiger partial charge in [-0.05, 0) is 5.56 Å². The Morgan fingerprint density at radius 2 is 1.90 bits per heavy atom. The Morgan fingerprint density at radius 3 is 2.48 bits per heavy atom. The van der Waals surface area contributed by atoms with E-state index in [1.54, 1.807) is 0 Å². The minimum absolute atomic E-state index is 0.124. The van der Waals surface area contributed by atoms with Crippen LogP contribution in [-0.4, -0.2) is 58.2 Å². The van der Waals surface area contributed by atoms with Crippen molar-refractivity contribution in [3.05, 3.63) is 35.9 Å². The SMILES string of the molecule is COCCN(CCNC(=O)Cc1ccccc1)S(C)(=O)=O. The monoisotopic (exact) mass is 314 g/mol. The smallest absolute Gasteiger partial charge is 0.224 e. The summed E-state index contributed by atoms with van der Waals surface area (Å²) in [6, 6.07) is 9.39. The number of hydrogen-bond donors (Lipinski definition) is 1. The molecule has 0 bridgehead atoms. The summed E-state index contributed by atoms with van der Waals surface area (Å²) in [6.07, 6.45) is 1.44. The van der Waals surface area contributed by atoms with Gasteiger partial charge in [-0.15, -0.1) is 0 Å². The molecule has 0 atom stereocenters. The minimum Gasteiger partial charge on any atom is -0.383 e. The van der Waals surface area contributed by atoms with Crippen LogP contribution in [0.5, 0.6) is 0 Å². The maximum atomic E-state index is 11.8. The Bertz CT molecular complexity index is 531. The van der Waals surface area contributed by atoms with Gasteiger partial charge in [0.25, 0.3) is 0 Å². The lowest BCUT2D eigenvalue weighted by atomic mass is 10.1. The normalized spacial score (nSPS) is 11.6. The van der Waals surface area contributed by atoms with E-state index in [1.807, 2.05) is 30.3 Å². The van der Waals surface area contributed by atoms with Crippen LogP contribution in [0.15, 0.2) is 30.3 Å². The van der Waals surface area contributed by atoms with Gasteiger partial charge in [-0.2, -0.15) is 4.31 Å². The van der Waals surface area contributed by atoms with E-state index in [4.69, 9.17) is 4.74 Å². The Labute approximate surface area is 126 Å². The zero-order valence-corrected chi connectivity index (χ0v) is 13.2. The number of methoxy groups -OCH3 is 1. The van der Waals surface area contributed by atoms with Crippen LogP contribution in [0.1, 0.15) is 5.56 Å². The van der Waals surface area contributed by atoms with Crippen LogP contribution >= 0.6 is 0 Å². The highest BCUT2D eigenvalue weighted by Gasteiger charge is 2.15. The van der Waals surface area contributed by atoms with Crippen LogP contribution in [0, 0.1) is 0 Å². The summed E-state index contributed by atoms with van der Waals surface area (Å²) in [6.45, 7) is 1.13. The second-order valence-electron chi connectivity index (χ2n) is 4.67. The maximum absolute atomic E-state index is 11.8. The average molecular weight is 314 g/mol. The Morgan fingerprint density at radius 1 is 1.24 bits per heavy atom. The third-order valence-electron chi connectivity index (χ3n) is 2.90. The van der Waals surface area contributed by atoms with Gasteiger partial charge < -0.3 is 10.1 Å². The molecule has 0 saturated heterocycles.